The molecule has 2 aromatic rings. The van der Waals surface area contributed by atoms with Crippen molar-refractivity contribution < 1.29 is 18.3 Å². The molecule has 0 saturated carbocycles. The van der Waals surface area contributed by atoms with Gasteiger partial charge in [0.05, 0.1) is 10.6 Å². The minimum atomic E-state index is -3.76. The molecule has 0 unspecified atom stereocenters. The summed E-state index contributed by atoms with van der Waals surface area (Å²) in [5.74, 6) is 1.08. The molecule has 0 bridgehead atoms. The highest BCUT2D eigenvalue weighted by atomic mass is 32.2. The first-order chi connectivity index (χ1) is 14.0. The minimum absolute atomic E-state index is 0.0913. The van der Waals surface area contributed by atoms with Gasteiger partial charge in [0.25, 0.3) is 10.0 Å². The van der Waals surface area contributed by atoms with Crippen molar-refractivity contribution in [1.29, 1.82) is 0 Å². The Hall–Kier alpha value is -2.47. The Morgan fingerprint density at radius 2 is 1.80 bits per heavy atom. The van der Waals surface area contributed by atoms with Crippen molar-refractivity contribution in [3.8, 4) is 11.5 Å². The second-order valence-electron chi connectivity index (χ2n) is 9.07. The molecule has 1 N–H and O–H groups in total. The Bertz CT molecular complexity index is 1120. The van der Waals surface area contributed by atoms with Gasteiger partial charge in [0, 0.05) is 36.6 Å². The first kappa shape index (κ1) is 20.8. The lowest BCUT2D eigenvalue weighted by Crippen LogP contribution is -2.45. The fourth-order valence-electron chi connectivity index (χ4n) is 4.74. The number of hydrogen-bond donors (Lipinski definition) is 1. The van der Waals surface area contributed by atoms with Crippen LogP contribution >= 0.6 is 0 Å². The zero-order valence-corrected chi connectivity index (χ0v) is 19.0. The molecule has 5 nitrogen and oxygen atoms in total. The highest BCUT2D eigenvalue weighted by Crippen LogP contribution is 2.54. The number of phenols is 1. The van der Waals surface area contributed by atoms with Crippen LogP contribution in [0.4, 0.5) is 5.69 Å². The van der Waals surface area contributed by atoms with Crippen LogP contribution < -0.4 is 9.04 Å². The molecule has 1 aliphatic carbocycles. The summed E-state index contributed by atoms with van der Waals surface area (Å²) in [6.45, 7) is 8.17. The Morgan fingerprint density at radius 3 is 2.47 bits per heavy atom. The fourth-order valence-corrected chi connectivity index (χ4v) is 5.92. The second-order valence-corrected chi connectivity index (χ2v) is 11.0. The van der Waals surface area contributed by atoms with Crippen LogP contribution in [0.15, 0.2) is 52.9 Å². The molecule has 2 aliphatic rings. The first-order valence-electron chi connectivity index (χ1n) is 10.3. The molecule has 30 heavy (non-hydrogen) atoms. The number of nitrogens with zero attached hydrogens (tertiary/aromatic N) is 1. The third-order valence-electron chi connectivity index (χ3n) is 6.53. The monoisotopic (exact) mass is 427 g/mol. The van der Waals surface area contributed by atoms with Crippen LogP contribution in [0, 0.1) is 12.8 Å². The molecule has 1 aliphatic heterocycles. The van der Waals surface area contributed by atoms with Gasteiger partial charge >= 0.3 is 0 Å². The van der Waals surface area contributed by atoms with E-state index in [9.17, 15) is 13.5 Å². The average molecular weight is 428 g/mol. The summed E-state index contributed by atoms with van der Waals surface area (Å²) in [6.07, 6.45) is 4.03. The highest BCUT2D eigenvalue weighted by Gasteiger charge is 2.46. The van der Waals surface area contributed by atoms with Crippen LogP contribution in [0.2, 0.25) is 0 Å². The Kier molecular flexibility index (Phi) is 4.88. The summed E-state index contributed by atoms with van der Waals surface area (Å²) in [6, 6.07) is 10.0. The summed E-state index contributed by atoms with van der Waals surface area (Å²) in [4.78, 5) is 0.210. The average Bonchev–Trinajstić information content (AvgIpc) is 2.66. The van der Waals surface area contributed by atoms with E-state index < -0.39 is 15.6 Å². The number of hydrogen-bond acceptors (Lipinski definition) is 4. The van der Waals surface area contributed by atoms with Gasteiger partial charge in [0.15, 0.2) is 0 Å². The number of aryl methyl sites for hydroxylation is 1. The first-order valence-corrected chi connectivity index (χ1v) is 11.7. The number of benzene rings is 2. The predicted octanol–water partition coefficient (Wildman–Crippen LogP) is 5.14. The second kappa shape index (κ2) is 7.05. The van der Waals surface area contributed by atoms with E-state index in [1.54, 1.807) is 30.3 Å². The van der Waals surface area contributed by atoms with Gasteiger partial charge < -0.3 is 9.84 Å². The van der Waals surface area contributed by atoms with Crippen LogP contribution in [0.25, 0.3) is 0 Å². The maximum absolute atomic E-state index is 13.1. The van der Waals surface area contributed by atoms with Gasteiger partial charge in [-0.05, 0) is 52.7 Å². The molecule has 4 rings (SSSR count). The number of rotatable bonds is 3. The zero-order valence-electron chi connectivity index (χ0n) is 18.1. The number of fused-ring (bicyclic) bond motifs is 3. The van der Waals surface area contributed by atoms with Gasteiger partial charge in [-0.3, -0.25) is 4.31 Å². The maximum Gasteiger partial charge on any atom is 0.264 e. The van der Waals surface area contributed by atoms with Crippen LogP contribution in [-0.4, -0.2) is 26.2 Å². The highest BCUT2D eigenvalue weighted by molar-refractivity contribution is 7.92. The van der Waals surface area contributed by atoms with Crippen molar-refractivity contribution in [1.82, 2.24) is 0 Å². The van der Waals surface area contributed by atoms with E-state index in [1.165, 1.54) is 23.0 Å². The van der Waals surface area contributed by atoms with Crippen LogP contribution in [-0.2, 0) is 10.0 Å². The molecule has 2 atom stereocenters. The van der Waals surface area contributed by atoms with E-state index in [1.807, 2.05) is 6.92 Å². The topological polar surface area (TPSA) is 66.8 Å². The normalized spacial score (nSPS) is 22.4. The molecule has 0 fully saturated rings. The van der Waals surface area contributed by atoms with Gasteiger partial charge in [0.1, 0.15) is 17.1 Å². The van der Waals surface area contributed by atoms with E-state index in [2.05, 4.69) is 26.8 Å². The third-order valence-corrected chi connectivity index (χ3v) is 8.33. The van der Waals surface area contributed by atoms with Crippen molar-refractivity contribution in [2.45, 2.75) is 57.0 Å². The molecule has 1 heterocycles. The van der Waals surface area contributed by atoms with Gasteiger partial charge in [0.2, 0.25) is 0 Å². The van der Waals surface area contributed by atoms with Gasteiger partial charge in [-0.15, -0.1) is 0 Å². The van der Waals surface area contributed by atoms with E-state index in [0.29, 0.717) is 11.4 Å². The summed E-state index contributed by atoms with van der Waals surface area (Å²) in [5.41, 5.74) is 3.06. The predicted molar refractivity (Wildman–Crippen MR) is 119 cm³/mol. The Balaban J connectivity index is 1.77. The molecule has 0 spiro atoms. The van der Waals surface area contributed by atoms with E-state index >= 15 is 0 Å². The van der Waals surface area contributed by atoms with Crippen LogP contribution in [0.3, 0.4) is 0 Å². The number of ether oxygens (including phenoxy) is 1. The zero-order chi connectivity index (χ0) is 21.8. The lowest BCUT2D eigenvalue weighted by Gasteiger charge is -2.47. The van der Waals surface area contributed by atoms with Crippen molar-refractivity contribution in [2.24, 2.45) is 5.92 Å². The molecule has 0 saturated heterocycles. The summed E-state index contributed by atoms with van der Waals surface area (Å²) < 4.78 is 33.8. The van der Waals surface area contributed by atoms with Gasteiger partial charge in [-0.2, -0.15) is 0 Å². The SMILES string of the molecule is CC1=CC[C@H]2[C@H](C1)c1c(O)cc(N(C)S(=O)(=O)c3ccc(C)cc3)cc1OC2(C)C. The standard InChI is InChI=1S/C24H29NO4S/c1-15-6-9-18(10-7-15)30(27,28)25(5)17-13-21(26)23-19-12-16(2)8-11-20(19)24(3,4)29-22(23)14-17/h6-10,13-14,19-20,26H,11-12H2,1-5H3/t19-,20-/m0/s1. The molecule has 2 aromatic carbocycles. The van der Waals surface area contributed by atoms with Crippen molar-refractivity contribution in [3.05, 3.63) is 59.2 Å². The van der Waals surface area contributed by atoms with Crippen molar-refractivity contribution in [3.63, 3.8) is 0 Å². The number of anilines is 1. The Morgan fingerprint density at radius 1 is 1.13 bits per heavy atom. The fraction of sp³-hybridized carbons (Fsp3) is 0.417. The lowest BCUT2D eigenvalue weighted by atomic mass is 9.67. The smallest absolute Gasteiger partial charge is 0.264 e. The lowest BCUT2D eigenvalue weighted by molar-refractivity contribution is 0.00769. The maximum atomic E-state index is 13.1. The molecule has 6 heteroatoms. The van der Waals surface area contributed by atoms with E-state index in [0.717, 1.165) is 24.0 Å². The quantitative estimate of drug-likeness (QED) is 0.689. The van der Waals surface area contributed by atoms with Crippen molar-refractivity contribution in [2.75, 3.05) is 11.4 Å². The molecular weight excluding hydrogens is 398 g/mol. The van der Waals surface area contributed by atoms with E-state index in [4.69, 9.17) is 4.74 Å². The summed E-state index contributed by atoms with van der Waals surface area (Å²) in [5, 5.41) is 10.9. The minimum Gasteiger partial charge on any atom is -0.507 e. The van der Waals surface area contributed by atoms with E-state index in [-0.39, 0.29) is 22.5 Å². The summed E-state index contributed by atoms with van der Waals surface area (Å²) >= 11 is 0. The summed E-state index contributed by atoms with van der Waals surface area (Å²) in [7, 11) is -2.25. The number of aromatic hydroxyl groups is 1. The molecule has 0 radical (unpaired) electrons. The number of sulfonamides is 1. The Labute approximate surface area is 179 Å². The number of allylic oxidation sites excluding steroid dienone is 2. The van der Waals surface area contributed by atoms with Crippen LogP contribution in [0.1, 0.15) is 50.7 Å². The molecular formula is C24H29NO4S. The molecule has 0 aromatic heterocycles. The largest absolute Gasteiger partial charge is 0.507 e. The van der Waals surface area contributed by atoms with Crippen molar-refractivity contribution >= 4 is 15.7 Å². The van der Waals surface area contributed by atoms with Gasteiger partial charge in [-0.25, -0.2) is 8.42 Å². The van der Waals surface area contributed by atoms with Gasteiger partial charge in [-0.1, -0.05) is 29.3 Å². The molecule has 160 valence electrons. The molecule has 0 amide bonds. The number of phenolic OH excluding ortho intramolecular Hbond substituents is 1. The third kappa shape index (κ3) is 3.37. The van der Waals surface area contributed by atoms with Crippen LogP contribution in [0.5, 0.6) is 11.5 Å².